The van der Waals surface area contributed by atoms with Crippen LogP contribution in [0.1, 0.15) is 27.7 Å². The van der Waals surface area contributed by atoms with Crippen LogP contribution in [0.3, 0.4) is 0 Å². The number of nitrogens with two attached hydrogens (primary N) is 2. The first kappa shape index (κ1) is 15.8. The van der Waals surface area contributed by atoms with Crippen molar-refractivity contribution in [3.05, 3.63) is 36.4 Å². The van der Waals surface area contributed by atoms with Crippen molar-refractivity contribution in [3.8, 4) is 11.1 Å². The molecule has 0 aliphatic carbocycles. The first-order valence-corrected chi connectivity index (χ1v) is 7.20. The molecule has 0 spiro atoms. The number of nitrogen functional groups attached to an aromatic ring is 2. The number of nitrogens with zero attached hydrogens (tertiary/aromatic N) is 2. The molecule has 0 atom stereocenters. The number of hydrogen-bond donors (Lipinski definition) is 2. The van der Waals surface area contributed by atoms with Crippen LogP contribution < -0.4 is 11.5 Å². The third-order valence-electron chi connectivity index (χ3n) is 3.08. The van der Waals surface area contributed by atoms with E-state index in [-0.39, 0.29) is 0 Å². The molecule has 0 bridgehead atoms. The molecule has 0 unspecified atom stereocenters. The van der Waals surface area contributed by atoms with Gasteiger partial charge in [0.25, 0.3) is 0 Å². The van der Waals surface area contributed by atoms with Crippen molar-refractivity contribution < 1.29 is 0 Å². The summed E-state index contributed by atoms with van der Waals surface area (Å²) in [6.07, 6.45) is 0. The molecule has 114 valence electrons. The Kier molecular flexibility index (Phi) is 4.61. The van der Waals surface area contributed by atoms with Crippen LogP contribution in [0.5, 0.6) is 0 Å². The van der Waals surface area contributed by atoms with Crippen LogP contribution in [0.4, 0.5) is 22.7 Å². The Morgan fingerprint density at radius 1 is 0.682 bits per heavy atom. The fourth-order valence-electron chi connectivity index (χ4n) is 2.14. The van der Waals surface area contributed by atoms with Crippen molar-refractivity contribution in [2.75, 3.05) is 11.5 Å². The van der Waals surface area contributed by atoms with Crippen molar-refractivity contribution >= 4 is 34.2 Å². The second kappa shape index (κ2) is 6.43. The molecule has 0 heterocycles. The lowest BCUT2D eigenvalue weighted by molar-refractivity contribution is 1.46. The van der Waals surface area contributed by atoms with Gasteiger partial charge in [-0.2, -0.15) is 0 Å². The van der Waals surface area contributed by atoms with Crippen LogP contribution >= 0.6 is 0 Å². The second-order valence-electron chi connectivity index (χ2n) is 5.67. The number of benzene rings is 2. The minimum atomic E-state index is 0.659. The van der Waals surface area contributed by atoms with E-state index >= 15 is 0 Å². The largest absolute Gasteiger partial charge is 0.397 e. The van der Waals surface area contributed by atoms with Gasteiger partial charge in [0.2, 0.25) is 0 Å². The van der Waals surface area contributed by atoms with E-state index in [1.54, 1.807) is 0 Å². The molecule has 0 fully saturated rings. The summed E-state index contributed by atoms with van der Waals surface area (Å²) >= 11 is 0. The lowest BCUT2D eigenvalue weighted by Gasteiger charge is -2.08. The van der Waals surface area contributed by atoms with Crippen LogP contribution in [-0.4, -0.2) is 11.4 Å². The summed E-state index contributed by atoms with van der Waals surface area (Å²) in [6, 6.07) is 11.7. The summed E-state index contributed by atoms with van der Waals surface area (Å²) in [5.41, 5.74) is 19.0. The molecule has 0 aromatic heterocycles. The lowest BCUT2D eigenvalue weighted by atomic mass is 10.0. The Morgan fingerprint density at radius 2 is 1.23 bits per heavy atom. The van der Waals surface area contributed by atoms with Crippen LogP contribution in [0.2, 0.25) is 0 Å². The number of hydrogen-bond acceptors (Lipinski definition) is 4. The van der Waals surface area contributed by atoms with E-state index in [9.17, 15) is 0 Å². The molecule has 2 aromatic carbocycles. The van der Waals surface area contributed by atoms with E-state index in [2.05, 4.69) is 9.98 Å². The van der Waals surface area contributed by atoms with E-state index < -0.39 is 0 Å². The smallest absolute Gasteiger partial charge is 0.0864 e. The number of aliphatic imine (C=N–C) groups is 2. The van der Waals surface area contributed by atoms with E-state index in [0.717, 1.165) is 33.9 Å². The highest BCUT2D eigenvalue weighted by Crippen LogP contribution is 2.33. The zero-order valence-corrected chi connectivity index (χ0v) is 13.5. The molecule has 0 aliphatic heterocycles. The Labute approximate surface area is 131 Å². The fourth-order valence-corrected chi connectivity index (χ4v) is 2.14. The van der Waals surface area contributed by atoms with E-state index in [4.69, 9.17) is 11.5 Å². The minimum absolute atomic E-state index is 0.659. The molecule has 0 radical (unpaired) electrons. The Bertz CT molecular complexity index is 750. The Balaban J connectivity index is 2.47. The van der Waals surface area contributed by atoms with Crippen LogP contribution in [0, 0.1) is 0 Å². The van der Waals surface area contributed by atoms with Crippen LogP contribution in [-0.2, 0) is 0 Å². The molecule has 0 aliphatic rings. The molecule has 22 heavy (non-hydrogen) atoms. The summed E-state index contributed by atoms with van der Waals surface area (Å²) in [7, 11) is 0. The third kappa shape index (κ3) is 3.73. The van der Waals surface area contributed by atoms with Crippen molar-refractivity contribution in [3.63, 3.8) is 0 Å². The molecule has 4 heteroatoms. The van der Waals surface area contributed by atoms with Crippen molar-refractivity contribution in [1.82, 2.24) is 0 Å². The third-order valence-corrected chi connectivity index (χ3v) is 3.08. The van der Waals surface area contributed by atoms with Gasteiger partial charge in [0.15, 0.2) is 0 Å². The molecule has 4 nitrogen and oxygen atoms in total. The predicted octanol–water partition coefficient (Wildman–Crippen LogP) is 4.74. The van der Waals surface area contributed by atoms with Crippen molar-refractivity contribution in [1.29, 1.82) is 0 Å². The maximum absolute atomic E-state index is 6.10. The normalized spacial score (nSPS) is 10.2. The highest BCUT2D eigenvalue weighted by Gasteiger charge is 2.05. The highest BCUT2D eigenvalue weighted by molar-refractivity contribution is 5.87. The van der Waals surface area contributed by atoms with Crippen molar-refractivity contribution in [2.24, 2.45) is 9.98 Å². The topological polar surface area (TPSA) is 76.8 Å². The Hall–Kier alpha value is -2.62. The van der Waals surface area contributed by atoms with Gasteiger partial charge in [0.1, 0.15) is 0 Å². The van der Waals surface area contributed by atoms with E-state index in [0.29, 0.717) is 11.4 Å². The summed E-state index contributed by atoms with van der Waals surface area (Å²) in [5, 5.41) is 0. The first-order valence-electron chi connectivity index (χ1n) is 7.20. The van der Waals surface area contributed by atoms with E-state index in [1.807, 2.05) is 64.1 Å². The van der Waals surface area contributed by atoms with E-state index in [1.165, 1.54) is 0 Å². The van der Waals surface area contributed by atoms with Gasteiger partial charge in [0.05, 0.1) is 22.7 Å². The van der Waals surface area contributed by atoms with Gasteiger partial charge in [0, 0.05) is 11.4 Å². The molecule has 2 aromatic rings. The SMILES string of the molecule is CC(C)=Nc1ccc(-c2ccc(N)c(N=C(C)C)c2)cc1N. The van der Waals surface area contributed by atoms with Crippen LogP contribution in [0.15, 0.2) is 46.4 Å². The summed E-state index contributed by atoms with van der Waals surface area (Å²) in [5.74, 6) is 0. The number of anilines is 2. The molecule has 2 rings (SSSR count). The van der Waals surface area contributed by atoms with Gasteiger partial charge in [-0.25, -0.2) is 0 Å². The minimum Gasteiger partial charge on any atom is -0.397 e. The zero-order valence-electron chi connectivity index (χ0n) is 13.5. The second-order valence-corrected chi connectivity index (χ2v) is 5.67. The molecule has 0 amide bonds. The average molecular weight is 294 g/mol. The molecule has 4 N–H and O–H groups in total. The monoisotopic (exact) mass is 294 g/mol. The quantitative estimate of drug-likeness (QED) is 0.633. The standard InChI is InChI=1S/C18H22N4/c1-11(2)21-17-8-6-13(9-16(17)20)14-5-7-15(19)18(10-14)22-12(3)4/h5-10H,19-20H2,1-4H3. The fraction of sp³-hybridized carbons (Fsp3) is 0.222. The van der Waals surface area contributed by atoms with Gasteiger partial charge in [-0.15, -0.1) is 0 Å². The lowest BCUT2D eigenvalue weighted by Crippen LogP contribution is -1.91. The Morgan fingerprint density at radius 3 is 1.82 bits per heavy atom. The average Bonchev–Trinajstić information content (AvgIpc) is 2.42. The van der Waals surface area contributed by atoms with Crippen LogP contribution in [0.25, 0.3) is 11.1 Å². The molecule has 0 saturated carbocycles. The summed E-state index contributed by atoms with van der Waals surface area (Å²) in [4.78, 5) is 8.88. The van der Waals surface area contributed by atoms with Gasteiger partial charge in [-0.05, 0) is 63.1 Å². The zero-order chi connectivity index (χ0) is 16.3. The van der Waals surface area contributed by atoms with Crippen molar-refractivity contribution in [2.45, 2.75) is 27.7 Å². The van der Waals surface area contributed by atoms with Gasteiger partial charge < -0.3 is 11.5 Å². The van der Waals surface area contributed by atoms with Gasteiger partial charge in [-0.1, -0.05) is 12.1 Å². The predicted molar refractivity (Wildman–Crippen MR) is 97.6 cm³/mol. The summed E-state index contributed by atoms with van der Waals surface area (Å²) in [6.45, 7) is 7.79. The molecular weight excluding hydrogens is 272 g/mol. The van der Waals surface area contributed by atoms with Gasteiger partial charge >= 0.3 is 0 Å². The number of rotatable bonds is 3. The molecular formula is C18H22N4. The van der Waals surface area contributed by atoms with Gasteiger partial charge in [-0.3, -0.25) is 9.98 Å². The molecule has 0 saturated heterocycles. The maximum atomic E-state index is 6.10. The highest BCUT2D eigenvalue weighted by atomic mass is 14.8. The first-order chi connectivity index (χ1) is 10.4. The summed E-state index contributed by atoms with van der Waals surface area (Å²) < 4.78 is 0. The maximum Gasteiger partial charge on any atom is 0.0864 e.